The van der Waals surface area contributed by atoms with Crippen LogP contribution >= 0.6 is 0 Å². The first-order chi connectivity index (χ1) is 5.47. The maximum Gasteiger partial charge on any atom is 0.0619 e. The molecule has 1 atom stereocenters. The minimum atomic E-state index is 0.535. The van der Waals surface area contributed by atoms with Gasteiger partial charge < -0.3 is 10.6 Å². The monoisotopic (exact) mass is 153 g/mol. The minimum absolute atomic E-state index is 0.535. The number of hydrogen-bond acceptors (Lipinski definition) is 3. The summed E-state index contributed by atoms with van der Waals surface area (Å²) in [6.07, 6.45) is 5.02. The van der Waals surface area contributed by atoms with E-state index in [9.17, 15) is 0 Å². The Bertz CT molecular complexity index is 149. The minimum Gasteiger partial charge on any atom is -0.300 e. The molecular formula is C8H15N3. The third kappa shape index (κ3) is 1.60. The van der Waals surface area contributed by atoms with Crippen molar-refractivity contribution in [1.82, 2.24) is 10.6 Å². The molecule has 0 aromatic heterocycles. The summed E-state index contributed by atoms with van der Waals surface area (Å²) in [5, 5.41) is 6.88. The summed E-state index contributed by atoms with van der Waals surface area (Å²) in [6.45, 7) is 3.24. The normalized spacial score (nSPS) is 32.9. The lowest BCUT2D eigenvalue weighted by Gasteiger charge is -2.23. The van der Waals surface area contributed by atoms with Crippen LogP contribution in [0.25, 0.3) is 0 Å². The van der Waals surface area contributed by atoms with Crippen molar-refractivity contribution >= 4 is 6.21 Å². The number of nitrogens with zero attached hydrogens (tertiary/aromatic N) is 1. The van der Waals surface area contributed by atoms with Crippen LogP contribution in [0.15, 0.2) is 4.99 Å². The lowest BCUT2D eigenvalue weighted by molar-refractivity contribution is 0.347. The van der Waals surface area contributed by atoms with Crippen LogP contribution in [0, 0.1) is 5.92 Å². The molecule has 11 heavy (non-hydrogen) atoms. The molecule has 2 rings (SSSR count). The molecule has 0 aliphatic carbocycles. The highest BCUT2D eigenvalue weighted by Crippen LogP contribution is 2.14. The van der Waals surface area contributed by atoms with Crippen molar-refractivity contribution in [2.24, 2.45) is 10.9 Å². The van der Waals surface area contributed by atoms with Gasteiger partial charge in [-0.3, -0.25) is 4.99 Å². The van der Waals surface area contributed by atoms with Crippen molar-refractivity contribution in [3.05, 3.63) is 0 Å². The fourth-order valence-corrected chi connectivity index (χ4v) is 1.81. The number of nitrogens with one attached hydrogen (secondary N) is 2. The van der Waals surface area contributed by atoms with Gasteiger partial charge in [-0.2, -0.15) is 0 Å². The molecule has 0 spiro atoms. The number of rotatable bonds is 1. The van der Waals surface area contributed by atoms with Gasteiger partial charge in [0.2, 0.25) is 0 Å². The van der Waals surface area contributed by atoms with E-state index in [0.29, 0.717) is 6.17 Å². The predicted molar refractivity (Wildman–Crippen MR) is 45.9 cm³/mol. The van der Waals surface area contributed by atoms with Gasteiger partial charge >= 0.3 is 0 Å². The summed E-state index contributed by atoms with van der Waals surface area (Å²) in [5.74, 6) is 0.725. The Balaban J connectivity index is 1.88. The van der Waals surface area contributed by atoms with Gasteiger partial charge in [0.25, 0.3) is 0 Å². The van der Waals surface area contributed by atoms with Crippen molar-refractivity contribution in [3.8, 4) is 0 Å². The summed E-state index contributed by atoms with van der Waals surface area (Å²) in [7, 11) is 0. The molecule has 2 aliphatic heterocycles. The van der Waals surface area contributed by atoms with Gasteiger partial charge in [0.15, 0.2) is 0 Å². The molecule has 0 radical (unpaired) electrons. The highest BCUT2D eigenvalue weighted by atomic mass is 15.2. The maximum atomic E-state index is 4.30. The summed E-state index contributed by atoms with van der Waals surface area (Å²) in [6, 6.07) is 0. The molecule has 1 fully saturated rings. The Hall–Kier alpha value is -0.410. The van der Waals surface area contributed by atoms with Crippen LogP contribution in [0.1, 0.15) is 12.8 Å². The molecule has 1 saturated heterocycles. The highest BCUT2D eigenvalue weighted by Gasteiger charge is 2.24. The van der Waals surface area contributed by atoms with E-state index in [1.807, 2.05) is 6.21 Å². The SMILES string of the molecule is C1=NCC(C2NCCN2)CC1. The Kier molecular flexibility index (Phi) is 2.19. The van der Waals surface area contributed by atoms with Crippen LogP contribution in [0.5, 0.6) is 0 Å². The third-order valence-electron chi connectivity index (χ3n) is 2.46. The second kappa shape index (κ2) is 3.32. The number of aliphatic imine (C=N–C) groups is 1. The van der Waals surface area contributed by atoms with E-state index in [1.165, 1.54) is 6.42 Å². The second-order valence-corrected chi connectivity index (χ2v) is 3.27. The van der Waals surface area contributed by atoms with E-state index in [4.69, 9.17) is 0 Å². The smallest absolute Gasteiger partial charge is 0.0619 e. The lowest BCUT2D eigenvalue weighted by atomic mass is 9.98. The molecule has 62 valence electrons. The molecule has 0 aromatic carbocycles. The topological polar surface area (TPSA) is 36.4 Å². The maximum absolute atomic E-state index is 4.30. The van der Waals surface area contributed by atoms with Crippen molar-refractivity contribution < 1.29 is 0 Å². The molecule has 0 aromatic rings. The third-order valence-corrected chi connectivity index (χ3v) is 2.46. The van der Waals surface area contributed by atoms with Gasteiger partial charge in [0.05, 0.1) is 6.17 Å². The zero-order valence-electron chi connectivity index (χ0n) is 6.71. The lowest BCUT2D eigenvalue weighted by Crippen LogP contribution is -2.41. The molecular weight excluding hydrogens is 138 g/mol. The standard InChI is InChI=1S/C8H15N3/c1-2-7(6-9-3-1)8-10-4-5-11-8/h3,7-8,10-11H,1-2,4-6H2. The molecule has 0 amide bonds. The van der Waals surface area contributed by atoms with E-state index in [2.05, 4.69) is 15.6 Å². The fourth-order valence-electron chi connectivity index (χ4n) is 1.81. The predicted octanol–water partition coefficient (Wildman–Crippen LogP) is -0.0139. The molecule has 1 unspecified atom stereocenters. The van der Waals surface area contributed by atoms with Crippen LogP contribution < -0.4 is 10.6 Å². The van der Waals surface area contributed by atoms with Crippen LogP contribution in [0.4, 0.5) is 0 Å². The van der Waals surface area contributed by atoms with Crippen LogP contribution in [-0.2, 0) is 0 Å². The van der Waals surface area contributed by atoms with E-state index in [1.54, 1.807) is 0 Å². The van der Waals surface area contributed by atoms with E-state index >= 15 is 0 Å². The average Bonchev–Trinajstić information content (AvgIpc) is 2.58. The Morgan fingerprint density at radius 2 is 2.09 bits per heavy atom. The van der Waals surface area contributed by atoms with E-state index < -0.39 is 0 Å². The average molecular weight is 153 g/mol. The van der Waals surface area contributed by atoms with E-state index in [0.717, 1.165) is 32.0 Å². The molecule has 3 nitrogen and oxygen atoms in total. The summed E-state index contributed by atoms with van der Waals surface area (Å²) < 4.78 is 0. The Morgan fingerprint density at radius 1 is 1.27 bits per heavy atom. The molecule has 2 N–H and O–H groups in total. The van der Waals surface area contributed by atoms with Crippen molar-refractivity contribution in [1.29, 1.82) is 0 Å². The first kappa shape index (κ1) is 7.25. The highest BCUT2D eigenvalue weighted by molar-refractivity contribution is 5.57. The zero-order valence-corrected chi connectivity index (χ0v) is 6.71. The molecule has 0 saturated carbocycles. The second-order valence-electron chi connectivity index (χ2n) is 3.27. The largest absolute Gasteiger partial charge is 0.300 e. The first-order valence-corrected chi connectivity index (χ1v) is 4.42. The van der Waals surface area contributed by atoms with Gasteiger partial charge in [0, 0.05) is 25.6 Å². The molecule has 3 heteroatoms. The fraction of sp³-hybridized carbons (Fsp3) is 0.875. The van der Waals surface area contributed by atoms with Gasteiger partial charge in [-0.1, -0.05) is 0 Å². The van der Waals surface area contributed by atoms with Gasteiger partial charge in [-0.05, 0) is 19.1 Å². The Labute approximate surface area is 67.3 Å². The quantitative estimate of drug-likeness (QED) is 0.555. The molecule has 2 aliphatic rings. The van der Waals surface area contributed by atoms with Gasteiger partial charge in [-0.25, -0.2) is 0 Å². The summed E-state index contributed by atoms with van der Waals surface area (Å²) in [4.78, 5) is 4.30. The van der Waals surface area contributed by atoms with Crippen LogP contribution in [0.3, 0.4) is 0 Å². The van der Waals surface area contributed by atoms with E-state index in [-0.39, 0.29) is 0 Å². The Morgan fingerprint density at radius 3 is 2.73 bits per heavy atom. The molecule has 2 heterocycles. The first-order valence-electron chi connectivity index (χ1n) is 4.42. The summed E-state index contributed by atoms with van der Waals surface area (Å²) >= 11 is 0. The van der Waals surface area contributed by atoms with Gasteiger partial charge in [0.1, 0.15) is 0 Å². The molecule has 0 bridgehead atoms. The number of hydrogen-bond donors (Lipinski definition) is 2. The van der Waals surface area contributed by atoms with Gasteiger partial charge in [-0.15, -0.1) is 0 Å². The summed E-state index contributed by atoms with van der Waals surface area (Å²) in [5.41, 5.74) is 0. The van der Waals surface area contributed by atoms with Crippen LogP contribution in [0.2, 0.25) is 0 Å². The zero-order chi connectivity index (χ0) is 7.52. The van der Waals surface area contributed by atoms with Crippen molar-refractivity contribution in [3.63, 3.8) is 0 Å². The van der Waals surface area contributed by atoms with Crippen molar-refractivity contribution in [2.45, 2.75) is 19.0 Å². The van der Waals surface area contributed by atoms with Crippen LogP contribution in [-0.4, -0.2) is 32.0 Å². The van der Waals surface area contributed by atoms with Crippen molar-refractivity contribution in [2.75, 3.05) is 19.6 Å².